The van der Waals surface area contributed by atoms with E-state index in [1.165, 1.54) is 12.8 Å². The molecular weight excluding hydrogens is 434 g/mol. The van der Waals surface area contributed by atoms with Crippen LogP contribution in [0.5, 0.6) is 5.75 Å². The largest absolute Gasteiger partial charge is 0.490 e. The maximum absolute atomic E-state index is 12.9. The van der Waals surface area contributed by atoms with Crippen LogP contribution in [0.1, 0.15) is 36.7 Å². The summed E-state index contributed by atoms with van der Waals surface area (Å²) in [4.78, 5) is 29.5. The minimum Gasteiger partial charge on any atom is -0.490 e. The minimum absolute atomic E-state index is 0.228. The molecule has 9 nitrogen and oxygen atoms in total. The molecule has 34 heavy (non-hydrogen) atoms. The van der Waals surface area contributed by atoms with Gasteiger partial charge >= 0.3 is 5.97 Å². The highest BCUT2D eigenvalue weighted by molar-refractivity contribution is 5.84. The van der Waals surface area contributed by atoms with Gasteiger partial charge in [0, 0.05) is 24.1 Å². The number of ether oxygens (including phenoxy) is 2. The highest BCUT2D eigenvalue weighted by Crippen LogP contribution is 2.30. The number of carbonyl (C=O) groups excluding carboxylic acids is 1. The summed E-state index contributed by atoms with van der Waals surface area (Å²) in [5.74, 6) is 0.594. The molecule has 1 aromatic carbocycles. The van der Waals surface area contributed by atoms with E-state index >= 15 is 0 Å². The van der Waals surface area contributed by atoms with Gasteiger partial charge in [-0.15, -0.1) is 0 Å². The van der Waals surface area contributed by atoms with E-state index in [4.69, 9.17) is 9.47 Å². The second-order valence-electron chi connectivity index (χ2n) is 8.35. The van der Waals surface area contributed by atoms with E-state index in [0.29, 0.717) is 58.1 Å². The highest BCUT2D eigenvalue weighted by Gasteiger charge is 2.23. The zero-order valence-electron chi connectivity index (χ0n) is 18.7. The summed E-state index contributed by atoms with van der Waals surface area (Å²) < 4.78 is 13.8. The Labute approximate surface area is 195 Å². The van der Waals surface area contributed by atoms with E-state index in [1.54, 1.807) is 31.3 Å². The molecule has 0 bridgehead atoms. The Balaban J connectivity index is 1.51. The van der Waals surface area contributed by atoms with Crippen molar-refractivity contribution < 1.29 is 14.3 Å². The molecule has 3 aromatic heterocycles. The van der Waals surface area contributed by atoms with Crippen LogP contribution in [-0.4, -0.2) is 38.3 Å². The third-order valence-corrected chi connectivity index (χ3v) is 5.77. The van der Waals surface area contributed by atoms with Crippen molar-refractivity contribution in [2.75, 3.05) is 13.2 Å². The van der Waals surface area contributed by atoms with Crippen LogP contribution in [0.3, 0.4) is 0 Å². The van der Waals surface area contributed by atoms with Crippen molar-refractivity contribution in [1.29, 1.82) is 5.26 Å². The number of rotatable bonds is 8. The molecule has 0 saturated heterocycles. The fraction of sp³-hybridized carbons (Fsp3) is 0.320. The third kappa shape index (κ3) is 4.35. The van der Waals surface area contributed by atoms with Gasteiger partial charge in [-0.25, -0.2) is 9.67 Å². The summed E-state index contributed by atoms with van der Waals surface area (Å²) in [6, 6.07) is 11.1. The molecule has 0 N–H and O–H groups in total. The standard InChI is InChI=1S/C25H23N5O4/c1-2-33-24(31)14-30-25(32)20-6-4-3-5-19(20)21(28-30)10-18-12-29-13-22(34-15-16-7-8-16)17(11-26)9-23(29)27-18/h3-6,9,12-13,16H,2,7-8,10,14-15H2,1H3. The summed E-state index contributed by atoms with van der Waals surface area (Å²) in [6.45, 7) is 2.29. The number of esters is 1. The van der Waals surface area contributed by atoms with E-state index in [9.17, 15) is 14.9 Å². The molecule has 1 saturated carbocycles. The lowest BCUT2D eigenvalue weighted by Gasteiger charge is -2.10. The summed E-state index contributed by atoms with van der Waals surface area (Å²) in [7, 11) is 0. The molecule has 0 amide bonds. The Morgan fingerprint density at radius 2 is 2.03 bits per heavy atom. The maximum Gasteiger partial charge on any atom is 0.327 e. The lowest BCUT2D eigenvalue weighted by atomic mass is 10.1. The number of aromatic nitrogens is 4. The lowest BCUT2D eigenvalue weighted by Crippen LogP contribution is -2.29. The van der Waals surface area contributed by atoms with Crippen molar-refractivity contribution in [2.45, 2.75) is 32.7 Å². The number of imidazole rings is 1. The Morgan fingerprint density at radius 1 is 1.24 bits per heavy atom. The van der Waals surface area contributed by atoms with Gasteiger partial charge in [0.25, 0.3) is 5.56 Å². The monoisotopic (exact) mass is 457 g/mol. The number of hydrogen-bond acceptors (Lipinski definition) is 7. The molecule has 3 heterocycles. The summed E-state index contributed by atoms with van der Waals surface area (Å²) in [5.41, 5.74) is 2.04. The van der Waals surface area contributed by atoms with Gasteiger partial charge in [0.2, 0.25) is 0 Å². The molecule has 4 aromatic rings. The van der Waals surface area contributed by atoms with Crippen molar-refractivity contribution in [3.63, 3.8) is 0 Å². The molecule has 9 heteroatoms. The molecule has 0 aliphatic heterocycles. The number of fused-ring (bicyclic) bond motifs is 2. The smallest absolute Gasteiger partial charge is 0.327 e. The highest BCUT2D eigenvalue weighted by atomic mass is 16.5. The van der Waals surface area contributed by atoms with E-state index < -0.39 is 5.97 Å². The van der Waals surface area contributed by atoms with E-state index in [0.717, 1.165) is 4.68 Å². The van der Waals surface area contributed by atoms with Crippen LogP contribution in [-0.2, 0) is 22.5 Å². The fourth-order valence-corrected chi connectivity index (χ4v) is 3.89. The second-order valence-corrected chi connectivity index (χ2v) is 8.35. The second kappa shape index (κ2) is 8.98. The number of nitrogens with zero attached hydrogens (tertiary/aromatic N) is 5. The third-order valence-electron chi connectivity index (χ3n) is 5.77. The molecule has 0 spiro atoms. The van der Waals surface area contributed by atoms with Crippen LogP contribution in [0, 0.1) is 17.2 Å². The van der Waals surface area contributed by atoms with Crippen LogP contribution in [0.15, 0.2) is 47.5 Å². The summed E-state index contributed by atoms with van der Waals surface area (Å²) >= 11 is 0. The quantitative estimate of drug-likeness (QED) is 0.374. The van der Waals surface area contributed by atoms with Gasteiger partial charge in [0.05, 0.1) is 41.7 Å². The summed E-state index contributed by atoms with van der Waals surface area (Å²) in [6.07, 6.45) is 6.31. The average molecular weight is 457 g/mol. The molecule has 172 valence electrons. The van der Waals surface area contributed by atoms with Gasteiger partial charge in [-0.2, -0.15) is 10.4 Å². The van der Waals surface area contributed by atoms with Crippen LogP contribution in [0.2, 0.25) is 0 Å². The molecule has 1 fully saturated rings. The zero-order valence-corrected chi connectivity index (χ0v) is 18.7. The van der Waals surface area contributed by atoms with Gasteiger partial charge in [-0.05, 0) is 31.7 Å². The summed E-state index contributed by atoms with van der Waals surface area (Å²) in [5, 5.41) is 15.2. The number of hydrogen-bond donors (Lipinski definition) is 0. The normalized spacial score (nSPS) is 13.2. The van der Waals surface area contributed by atoms with Crippen LogP contribution in [0.25, 0.3) is 16.4 Å². The molecular formula is C25H23N5O4. The van der Waals surface area contributed by atoms with E-state index in [-0.39, 0.29) is 18.7 Å². The molecule has 1 aliphatic carbocycles. The van der Waals surface area contributed by atoms with Gasteiger partial charge < -0.3 is 13.9 Å². The molecule has 5 rings (SSSR count). The molecule has 0 atom stereocenters. The Kier molecular flexibility index (Phi) is 5.72. The maximum atomic E-state index is 12.9. The van der Waals surface area contributed by atoms with Gasteiger partial charge in [-0.3, -0.25) is 9.59 Å². The van der Waals surface area contributed by atoms with Crippen molar-refractivity contribution >= 4 is 22.4 Å². The first-order valence-corrected chi connectivity index (χ1v) is 11.2. The predicted molar refractivity (Wildman–Crippen MR) is 124 cm³/mol. The zero-order chi connectivity index (χ0) is 23.7. The van der Waals surface area contributed by atoms with Gasteiger partial charge in [0.15, 0.2) is 5.75 Å². The Hall–Kier alpha value is -4.19. The average Bonchev–Trinajstić information content (AvgIpc) is 3.58. The molecule has 0 unspecified atom stereocenters. The topological polar surface area (TPSA) is 112 Å². The first-order valence-electron chi connectivity index (χ1n) is 11.2. The van der Waals surface area contributed by atoms with Crippen molar-refractivity contribution in [1.82, 2.24) is 19.2 Å². The SMILES string of the molecule is CCOC(=O)Cn1nc(Cc2cn3cc(OCC4CC4)c(C#N)cc3n2)c2ccccc2c1=O. The van der Waals surface area contributed by atoms with Crippen molar-refractivity contribution in [3.05, 3.63) is 70.0 Å². The number of benzene rings is 1. The van der Waals surface area contributed by atoms with Crippen LogP contribution >= 0.6 is 0 Å². The van der Waals surface area contributed by atoms with Crippen LogP contribution < -0.4 is 10.3 Å². The first-order chi connectivity index (χ1) is 16.6. The van der Waals surface area contributed by atoms with Gasteiger partial charge in [0.1, 0.15) is 18.3 Å². The minimum atomic E-state index is -0.520. The van der Waals surface area contributed by atoms with Gasteiger partial charge in [-0.1, -0.05) is 18.2 Å². The fourth-order valence-electron chi connectivity index (χ4n) is 3.89. The van der Waals surface area contributed by atoms with E-state index in [1.807, 2.05) is 22.7 Å². The number of carbonyl (C=O) groups is 1. The number of nitriles is 1. The lowest BCUT2D eigenvalue weighted by molar-refractivity contribution is -0.144. The Morgan fingerprint density at radius 3 is 2.76 bits per heavy atom. The predicted octanol–water partition coefficient (Wildman–Crippen LogP) is 2.86. The molecule has 0 radical (unpaired) electrons. The van der Waals surface area contributed by atoms with Crippen molar-refractivity contribution in [3.8, 4) is 11.8 Å². The number of pyridine rings is 1. The molecule has 1 aliphatic rings. The Bertz CT molecular complexity index is 1490. The van der Waals surface area contributed by atoms with Crippen LogP contribution in [0.4, 0.5) is 0 Å². The van der Waals surface area contributed by atoms with Crippen molar-refractivity contribution in [2.24, 2.45) is 5.92 Å². The first kappa shape index (κ1) is 21.6. The van der Waals surface area contributed by atoms with E-state index in [2.05, 4.69) is 16.2 Å².